The molecule has 0 aromatic heterocycles. The molecule has 172 valence electrons. The van der Waals surface area contributed by atoms with Gasteiger partial charge in [-0.05, 0) is 79.6 Å². The molecule has 0 radical (unpaired) electrons. The first kappa shape index (κ1) is 30.5. The van der Waals surface area contributed by atoms with Crippen LogP contribution >= 0.6 is 0 Å². The van der Waals surface area contributed by atoms with Crippen LogP contribution in [0.2, 0.25) is 0 Å². The van der Waals surface area contributed by atoms with E-state index in [1.54, 1.807) is 0 Å². The molecule has 0 unspecified atom stereocenters. The van der Waals surface area contributed by atoms with Crippen LogP contribution in [0.1, 0.15) is 119 Å². The van der Waals surface area contributed by atoms with Crippen molar-refractivity contribution in [2.75, 3.05) is 0 Å². The fourth-order valence-corrected chi connectivity index (χ4v) is 2.75. The number of hydrogen-bond donors (Lipinski definition) is 0. The third kappa shape index (κ3) is 24.3. The van der Waals surface area contributed by atoms with E-state index in [9.17, 15) is 9.59 Å². The van der Waals surface area contributed by atoms with Crippen LogP contribution in [0, 0.1) is 0 Å². The van der Waals surface area contributed by atoms with Crippen molar-refractivity contribution in [3.63, 3.8) is 0 Å². The maximum atomic E-state index is 11.1. The minimum atomic E-state index is 0.364. The Balaban J connectivity index is 0. The predicted octanol–water partition coefficient (Wildman–Crippen LogP) is 8.88. The Hall–Kier alpha value is -1.70. The first-order valence-electron chi connectivity index (χ1n) is 11.7. The molecule has 2 nitrogen and oxygen atoms in total. The molecule has 0 N–H and O–H groups in total. The van der Waals surface area contributed by atoms with Gasteiger partial charge < -0.3 is 0 Å². The van der Waals surface area contributed by atoms with Crippen molar-refractivity contribution in [1.82, 2.24) is 0 Å². The van der Waals surface area contributed by atoms with Gasteiger partial charge in [0.1, 0.15) is 11.6 Å². The van der Waals surface area contributed by atoms with Crippen LogP contribution in [0.4, 0.5) is 0 Å². The normalized spacial score (nSPS) is 10.6. The fraction of sp³-hybridized carbons (Fsp3) is 0.643. The molecule has 0 fully saturated rings. The van der Waals surface area contributed by atoms with Gasteiger partial charge >= 0.3 is 0 Å². The molecule has 0 heterocycles. The van der Waals surface area contributed by atoms with Crippen molar-refractivity contribution in [3.05, 3.63) is 47.1 Å². The van der Waals surface area contributed by atoms with E-state index in [4.69, 9.17) is 0 Å². The number of ketones is 2. The molecule has 0 aliphatic heterocycles. The zero-order valence-electron chi connectivity index (χ0n) is 21.0. The summed E-state index contributed by atoms with van der Waals surface area (Å²) in [4.78, 5) is 22.1. The number of rotatable bonds is 15. The molecular weight excluding hydrogens is 368 g/mol. The van der Waals surface area contributed by atoms with Crippen LogP contribution in [0.3, 0.4) is 0 Å². The third-order valence-corrected chi connectivity index (χ3v) is 4.83. The van der Waals surface area contributed by atoms with Gasteiger partial charge in [0.15, 0.2) is 0 Å². The van der Waals surface area contributed by atoms with E-state index in [2.05, 4.69) is 59.4 Å². The van der Waals surface area contributed by atoms with Crippen molar-refractivity contribution in [3.8, 4) is 0 Å². The van der Waals surface area contributed by atoms with Crippen LogP contribution in [-0.2, 0) is 9.59 Å². The molecule has 0 saturated heterocycles. The van der Waals surface area contributed by atoms with Gasteiger partial charge in [-0.1, -0.05) is 60.9 Å². The van der Waals surface area contributed by atoms with E-state index in [0.717, 1.165) is 51.4 Å². The second kappa shape index (κ2) is 20.6. The Morgan fingerprint density at radius 3 is 1.60 bits per heavy atom. The molecule has 0 saturated carbocycles. The van der Waals surface area contributed by atoms with Crippen LogP contribution in [0.5, 0.6) is 0 Å². The second-order valence-electron chi connectivity index (χ2n) is 8.62. The standard InChI is InChI=1S/2C14H24O/c2*1-5-14(15)11-7-10-13(4)9-6-8-12(2)3/h8,10H,5-7,9,11H2,1-4H3;8H,4-7,9-11H2,1-3H3/b13-10+;. The van der Waals surface area contributed by atoms with Crippen molar-refractivity contribution in [1.29, 1.82) is 0 Å². The SMILES string of the molecule is C=C(CCC=C(C)C)CCCC(=O)CC.CCC(=O)CC/C=C(\C)CCC=C(C)C. The topological polar surface area (TPSA) is 34.1 Å². The van der Waals surface area contributed by atoms with E-state index < -0.39 is 0 Å². The summed E-state index contributed by atoms with van der Waals surface area (Å²) in [7, 11) is 0. The van der Waals surface area contributed by atoms with Gasteiger partial charge in [-0.3, -0.25) is 9.59 Å². The minimum Gasteiger partial charge on any atom is -0.300 e. The highest BCUT2D eigenvalue weighted by Crippen LogP contribution is 2.13. The molecule has 0 atom stereocenters. The summed E-state index contributed by atoms with van der Waals surface area (Å²) in [5.41, 5.74) is 5.42. The summed E-state index contributed by atoms with van der Waals surface area (Å²) in [6.07, 6.45) is 16.7. The maximum absolute atomic E-state index is 11.1. The summed E-state index contributed by atoms with van der Waals surface area (Å²) in [5.74, 6) is 0.732. The van der Waals surface area contributed by atoms with Gasteiger partial charge in [0.2, 0.25) is 0 Å². The first-order valence-corrected chi connectivity index (χ1v) is 11.7. The molecule has 0 spiro atoms. The zero-order valence-corrected chi connectivity index (χ0v) is 21.0. The third-order valence-electron chi connectivity index (χ3n) is 4.83. The summed E-state index contributed by atoms with van der Waals surface area (Å²) in [6, 6.07) is 0. The first-order chi connectivity index (χ1) is 14.1. The van der Waals surface area contributed by atoms with E-state index in [1.807, 2.05) is 13.8 Å². The predicted molar refractivity (Wildman–Crippen MR) is 134 cm³/mol. The molecule has 0 amide bonds. The lowest BCUT2D eigenvalue weighted by Gasteiger charge is -2.03. The minimum absolute atomic E-state index is 0.364. The summed E-state index contributed by atoms with van der Waals surface area (Å²) < 4.78 is 0. The molecule has 0 aromatic carbocycles. The Kier molecular flexibility index (Phi) is 20.9. The molecule has 0 aromatic rings. The molecular formula is C28H48O2. The van der Waals surface area contributed by atoms with E-state index in [1.165, 1.54) is 22.3 Å². The summed E-state index contributed by atoms with van der Waals surface area (Å²) in [6.45, 7) is 18.5. The van der Waals surface area contributed by atoms with Gasteiger partial charge in [0.25, 0.3) is 0 Å². The largest absolute Gasteiger partial charge is 0.300 e. The Labute approximate surface area is 187 Å². The maximum Gasteiger partial charge on any atom is 0.132 e. The number of carbonyl (C=O) groups is 2. The van der Waals surface area contributed by atoms with Crippen molar-refractivity contribution >= 4 is 11.6 Å². The van der Waals surface area contributed by atoms with Gasteiger partial charge in [0, 0.05) is 25.7 Å². The van der Waals surface area contributed by atoms with Gasteiger partial charge in [-0.15, -0.1) is 0 Å². The number of allylic oxidation sites excluding steroid dienone is 7. The Morgan fingerprint density at radius 1 is 0.633 bits per heavy atom. The summed E-state index contributed by atoms with van der Waals surface area (Å²) >= 11 is 0. The number of hydrogen-bond acceptors (Lipinski definition) is 2. The lowest BCUT2D eigenvalue weighted by atomic mass is 10.0. The fourth-order valence-electron chi connectivity index (χ4n) is 2.75. The molecule has 2 heteroatoms. The van der Waals surface area contributed by atoms with Gasteiger partial charge in [-0.2, -0.15) is 0 Å². The average molecular weight is 417 g/mol. The van der Waals surface area contributed by atoms with E-state index in [0.29, 0.717) is 30.8 Å². The smallest absolute Gasteiger partial charge is 0.132 e. The molecule has 0 aliphatic rings. The van der Waals surface area contributed by atoms with Crippen molar-refractivity contribution in [2.24, 2.45) is 0 Å². The second-order valence-corrected chi connectivity index (χ2v) is 8.62. The average Bonchev–Trinajstić information content (AvgIpc) is 2.67. The van der Waals surface area contributed by atoms with Crippen LogP contribution in [0.25, 0.3) is 0 Å². The van der Waals surface area contributed by atoms with Gasteiger partial charge in [-0.25, -0.2) is 0 Å². The van der Waals surface area contributed by atoms with Gasteiger partial charge in [0.05, 0.1) is 0 Å². The lowest BCUT2D eigenvalue weighted by Crippen LogP contribution is -1.94. The lowest BCUT2D eigenvalue weighted by molar-refractivity contribution is -0.119. The van der Waals surface area contributed by atoms with E-state index in [-0.39, 0.29) is 0 Å². The molecule has 30 heavy (non-hydrogen) atoms. The van der Waals surface area contributed by atoms with E-state index >= 15 is 0 Å². The Bertz CT molecular complexity index is 580. The molecule has 0 aliphatic carbocycles. The highest BCUT2D eigenvalue weighted by molar-refractivity contribution is 5.78. The van der Waals surface area contributed by atoms with Crippen molar-refractivity contribution < 1.29 is 9.59 Å². The quantitative estimate of drug-likeness (QED) is 0.250. The van der Waals surface area contributed by atoms with Crippen LogP contribution in [0.15, 0.2) is 47.1 Å². The van der Waals surface area contributed by atoms with Crippen LogP contribution < -0.4 is 0 Å². The monoisotopic (exact) mass is 416 g/mol. The molecule has 0 bridgehead atoms. The zero-order chi connectivity index (χ0) is 23.4. The Morgan fingerprint density at radius 2 is 1.10 bits per heavy atom. The number of Topliss-reactive ketones (excluding diaryl/α,β-unsaturated/α-hetero) is 2. The van der Waals surface area contributed by atoms with Crippen molar-refractivity contribution in [2.45, 2.75) is 119 Å². The highest BCUT2D eigenvalue weighted by Gasteiger charge is 1.99. The highest BCUT2D eigenvalue weighted by atomic mass is 16.1. The van der Waals surface area contributed by atoms with Crippen LogP contribution in [-0.4, -0.2) is 11.6 Å². The molecule has 0 rings (SSSR count). The summed E-state index contributed by atoms with van der Waals surface area (Å²) in [5, 5.41) is 0. The number of carbonyl (C=O) groups excluding carboxylic acids is 2.